The summed E-state index contributed by atoms with van der Waals surface area (Å²) in [6, 6.07) is 9.13. The lowest BCUT2D eigenvalue weighted by Gasteiger charge is -2.34. The van der Waals surface area contributed by atoms with Gasteiger partial charge in [0.1, 0.15) is 5.75 Å². The van der Waals surface area contributed by atoms with Crippen molar-refractivity contribution in [2.75, 3.05) is 45.9 Å². The molecule has 1 aromatic carbocycles. The molecule has 0 unspecified atom stereocenters. The number of nitrogens with one attached hydrogen (secondary N) is 1. The second-order valence-electron chi connectivity index (χ2n) is 5.19. The summed E-state index contributed by atoms with van der Waals surface area (Å²) < 4.78 is 5.33. The van der Waals surface area contributed by atoms with Gasteiger partial charge in [-0.05, 0) is 18.7 Å². The van der Waals surface area contributed by atoms with E-state index in [9.17, 15) is 9.59 Å². The van der Waals surface area contributed by atoms with Gasteiger partial charge in [0.2, 0.25) is 5.91 Å². The van der Waals surface area contributed by atoms with Crippen LogP contribution in [0.2, 0.25) is 0 Å². The first kappa shape index (κ1) is 16.3. The van der Waals surface area contributed by atoms with Crippen molar-refractivity contribution in [2.24, 2.45) is 0 Å². The minimum absolute atomic E-state index is 0.0309. The number of rotatable bonds is 6. The van der Waals surface area contributed by atoms with Crippen molar-refractivity contribution in [2.45, 2.75) is 6.92 Å². The first-order valence-electron chi connectivity index (χ1n) is 7.63. The summed E-state index contributed by atoms with van der Waals surface area (Å²) >= 11 is 0. The van der Waals surface area contributed by atoms with Gasteiger partial charge in [-0.2, -0.15) is 0 Å². The Labute approximate surface area is 131 Å². The Hall–Kier alpha value is -2.08. The van der Waals surface area contributed by atoms with Gasteiger partial charge in [0.25, 0.3) is 5.91 Å². The van der Waals surface area contributed by atoms with Gasteiger partial charge in [0.15, 0.2) is 6.61 Å². The quantitative estimate of drug-likeness (QED) is 0.823. The van der Waals surface area contributed by atoms with Crippen molar-refractivity contribution in [1.82, 2.24) is 15.1 Å². The minimum atomic E-state index is -0.288. The third-order valence-electron chi connectivity index (χ3n) is 3.72. The van der Waals surface area contributed by atoms with Crippen LogP contribution >= 0.6 is 0 Å². The zero-order chi connectivity index (χ0) is 15.8. The molecular weight excluding hydrogens is 282 g/mol. The minimum Gasteiger partial charge on any atom is -0.484 e. The highest BCUT2D eigenvalue weighted by Gasteiger charge is 2.20. The molecule has 2 amide bonds. The van der Waals surface area contributed by atoms with Crippen LogP contribution < -0.4 is 10.1 Å². The van der Waals surface area contributed by atoms with E-state index in [0.29, 0.717) is 5.75 Å². The fourth-order valence-corrected chi connectivity index (χ4v) is 2.32. The van der Waals surface area contributed by atoms with E-state index in [2.05, 4.69) is 17.1 Å². The summed E-state index contributed by atoms with van der Waals surface area (Å²) in [7, 11) is 0. The van der Waals surface area contributed by atoms with E-state index in [1.807, 2.05) is 18.2 Å². The Morgan fingerprint density at radius 3 is 2.45 bits per heavy atom. The third-order valence-corrected chi connectivity index (χ3v) is 3.72. The number of ether oxygens (including phenoxy) is 1. The molecule has 22 heavy (non-hydrogen) atoms. The van der Waals surface area contributed by atoms with Crippen LogP contribution in [0.1, 0.15) is 6.92 Å². The Bertz CT molecular complexity index is 485. The number of likely N-dealkylation sites (N-methyl/N-ethyl adjacent to an activating group) is 1. The van der Waals surface area contributed by atoms with Crippen molar-refractivity contribution < 1.29 is 14.3 Å². The van der Waals surface area contributed by atoms with Gasteiger partial charge in [0, 0.05) is 26.2 Å². The summed E-state index contributed by atoms with van der Waals surface area (Å²) in [5.41, 5.74) is 0. The first-order chi connectivity index (χ1) is 10.7. The molecule has 1 aromatic rings. The molecule has 1 fully saturated rings. The number of hydrogen-bond acceptors (Lipinski definition) is 4. The van der Waals surface area contributed by atoms with Gasteiger partial charge >= 0.3 is 0 Å². The Balaban J connectivity index is 1.64. The van der Waals surface area contributed by atoms with Crippen LogP contribution in [0.4, 0.5) is 0 Å². The van der Waals surface area contributed by atoms with E-state index in [1.54, 1.807) is 17.0 Å². The summed E-state index contributed by atoms with van der Waals surface area (Å²) in [5.74, 6) is 0.313. The molecule has 1 heterocycles. The Kier molecular flexibility index (Phi) is 6.21. The maximum atomic E-state index is 12.0. The topological polar surface area (TPSA) is 61.9 Å². The number of para-hydroxylation sites is 1. The van der Waals surface area contributed by atoms with E-state index in [0.717, 1.165) is 32.7 Å². The van der Waals surface area contributed by atoms with Crippen LogP contribution in [-0.2, 0) is 9.59 Å². The third kappa shape index (κ3) is 5.04. The second kappa shape index (κ2) is 8.38. The molecule has 1 aliphatic rings. The number of hydrogen-bond donors (Lipinski definition) is 1. The molecule has 6 heteroatoms. The number of benzene rings is 1. The largest absolute Gasteiger partial charge is 0.484 e. The highest BCUT2D eigenvalue weighted by atomic mass is 16.5. The molecule has 0 atom stereocenters. The maximum absolute atomic E-state index is 12.0. The normalized spacial score (nSPS) is 15.4. The van der Waals surface area contributed by atoms with Crippen LogP contribution in [0, 0.1) is 0 Å². The number of carbonyl (C=O) groups is 2. The molecule has 0 bridgehead atoms. The molecule has 0 saturated carbocycles. The van der Waals surface area contributed by atoms with E-state index < -0.39 is 0 Å². The second-order valence-corrected chi connectivity index (χ2v) is 5.19. The zero-order valence-electron chi connectivity index (χ0n) is 13.0. The molecule has 1 N–H and O–H groups in total. The molecule has 1 aliphatic heterocycles. The highest BCUT2D eigenvalue weighted by molar-refractivity contribution is 5.85. The molecule has 0 spiro atoms. The fraction of sp³-hybridized carbons (Fsp3) is 0.500. The van der Waals surface area contributed by atoms with Gasteiger partial charge in [-0.15, -0.1) is 0 Å². The molecule has 0 aliphatic carbocycles. The Morgan fingerprint density at radius 2 is 1.82 bits per heavy atom. The molecule has 0 radical (unpaired) electrons. The highest BCUT2D eigenvalue weighted by Crippen LogP contribution is 2.07. The molecular formula is C16H23N3O3. The predicted molar refractivity (Wildman–Crippen MR) is 83.6 cm³/mol. The smallest absolute Gasteiger partial charge is 0.258 e. The summed E-state index contributed by atoms with van der Waals surface area (Å²) in [5, 5.41) is 2.61. The summed E-state index contributed by atoms with van der Waals surface area (Å²) in [4.78, 5) is 27.8. The van der Waals surface area contributed by atoms with Gasteiger partial charge in [-0.3, -0.25) is 9.59 Å². The zero-order valence-corrected chi connectivity index (χ0v) is 13.0. The molecule has 0 aromatic heterocycles. The SMILES string of the molecule is CCN1CCN(C(=O)CNC(=O)COc2ccccc2)CC1. The van der Waals surface area contributed by atoms with Crippen molar-refractivity contribution in [1.29, 1.82) is 0 Å². The van der Waals surface area contributed by atoms with Crippen LogP contribution in [0.25, 0.3) is 0 Å². The monoisotopic (exact) mass is 305 g/mol. The molecule has 1 saturated heterocycles. The molecule has 6 nitrogen and oxygen atoms in total. The Morgan fingerprint density at radius 1 is 1.14 bits per heavy atom. The molecule has 2 rings (SSSR count). The lowest BCUT2D eigenvalue weighted by molar-refractivity contribution is -0.134. The van der Waals surface area contributed by atoms with Gasteiger partial charge in [-0.1, -0.05) is 25.1 Å². The van der Waals surface area contributed by atoms with Gasteiger partial charge in [0.05, 0.1) is 6.54 Å². The van der Waals surface area contributed by atoms with E-state index in [1.165, 1.54) is 0 Å². The van der Waals surface area contributed by atoms with Crippen LogP contribution in [0.5, 0.6) is 5.75 Å². The van der Waals surface area contributed by atoms with Crippen LogP contribution in [0.15, 0.2) is 30.3 Å². The van der Waals surface area contributed by atoms with Gasteiger partial charge < -0.3 is 19.9 Å². The van der Waals surface area contributed by atoms with Crippen molar-refractivity contribution in [3.8, 4) is 5.75 Å². The number of carbonyl (C=O) groups excluding carboxylic acids is 2. The summed E-state index contributed by atoms with van der Waals surface area (Å²) in [6.07, 6.45) is 0. The number of amides is 2. The van der Waals surface area contributed by atoms with E-state index in [4.69, 9.17) is 4.74 Å². The lowest BCUT2D eigenvalue weighted by Crippen LogP contribution is -2.51. The van der Waals surface area contributed by atoms with Crippen molar-refractivity contribution in [3.63, 3.8) is 0 Å². The van der Waals surface area contributed by atoms with Crippen molar-refractivity contribution >= 4 is 11.8 Å². The maximum Gasteiger partial charge on any atom is 0.258 e. The predicted octanol–water partition coefficient (Wildman–Crippen LogP) is 0.346. The fourth-order valence-electron chi connectivity index (χ4n) is 2.32. The first-order valence-corrected chi connectivity index (χ1v) is 7.63. The van der Waals surface area contributed by atoms with Crippen LogP contribution in [-0.4, -0.2) is 67.5 Å². The van der Waals surface area contributed by atoms with Crippen LogP contribution in [0.3, 0.4) is 0 Å². The molecule has 120 valence electrons. The summed E-state index contributed by atoms with van der Waals surface area (Å²) in [6.45, 7) is 6.32. The van der Waals surface area contributed by atoms with Crippen molar-refractivity contribution in [3.05, 3.63) is 30.3 Å². The number of nitrogens with zero attached hydrogens (tertiary/aromatic N) is 2. The lowest BCUT2D eigenvalue weighted by atomic mass is 10.3. The number of piperazine rings is 1. The van der Waals surface area contributed by atoms with E-state index in [-0.39, 0.29) is 25.0 Å². The standard InChI is InChI=1S/C16H23N3O3/c1-2-18-8-10-19(11-9-18)16(21)12-17-15(20)13-22-14-6-4-3-5-7-14/h3-7H,2,8-13H2,1H3,(H,17,20). The average Bonchev–Trinajstić information content (AvgIpc) is 2.58. The van der Waals surface area contributed by atoms with Gasteiger partial charge in [-0.25, -0.2) is 0 Å². The average molecular weight is 305 g/mol. The van der Waals surface area contributed by atoms with E-state index >= 15 is 0 Å².